The van der Waals surface area contributed by atoms with E-state index >= 15 is 0 Å². The van der Waals surface area contributed by atoms with Crippen LogP contribution in [0.3, 0.4) is 0 Å². The molecule has 0 spiro atoms. The Morgan fingerprint density at radius 1 is 1.05 bits per heavy atom. The third-order valence-corrected chi connectivity index (χ3v) is 8.30. The number of carbonyl (C=O) groups is 1. The summed E-state index contributed by atoms with van der Waals surface area (Å²) in [7, 11) is 0. The molecule has 0 aromatic rings. The molecule has 118 valence electrons. The third-order valence-electron chi connectivity index (χ3n) is 8.30. The molecule has 4 fully saturated rings. The summed E-state index contributed by atoms with van der Waals surface area (Å²) in [5.74, 6) is 3.20. The number of rotatable bonds is 0. The number of hydrogen-bond donors (Lipinski definition) is 1. The summed E-state index contributed by atoms with van der Waals surface area (Å²) in [5.41, 5.74) is 0.827. The van der Waals surface area contributed by atoms with Gasteiger partial charge in [-0.05, 0) is 79.4 Å². The molecule has 1 N–H and O–H groups in total. The molecule has 4 aliphatic rings. The van der Waals surface area contributed by atoms with Crippen LogP contribution >= 0.6 is 0 Å². The van der Waals surface area contributed by atoms with Crippen LogP contribution in [0, 0.1) is 34.5 Å². The smallest absolute Gasteiger partial charge is 0.161 e. The summed E-state index contributed by atoms with van der Waals surface area (Å²) in [6.45, 7) is 4.94. The standard InChI is InChI=1S/C19H30O2/c1-18-8-3-4-14(18)13-6-5-12-10-16(20)17(21)11-19(12,2)15(13)7-9-18/h12-15,17,21H,3-11H2,1-2H3/t12-,13-,14-,15-,17?,18-,19-/m0/s1. The first-order valence-electron chi connectivity index (χ1n) is 9.15. The monoisotopic (exact) mass is 290 g/mol. The second-order valence-corrected chi connectivity index (χ2v) is 9.13. The van der Waals surface area contributed by atoms with E-state index in [4.69, 9.17) is 0 Å². The molecule has 0 amide bonds. The lowest BCUT2D eigenvalue weighted by atomic mass is 9.45. The van der Waals surface area contributed by atoms with Crippen LogP contribution in [-0.2, 0) is 4.79 Å². The molecule has 0 aromatic carbocycles. The molecule has 4 rings (SSSR count). The zero-order valence-corrected chi connectivity index (χ0v) is 13.6. The highest BCUT2D eigenvalue weighted by atomic mass is 16.3. The maximum Gasteiger partial charge on any atom is 0.161 e. The fourth-order valence-corrected chi connectivity index (χ4v) is 7.09. The second kappa shape index (κ2) is 4.57. The predicted octanol–water partition coefficient (Wildman–Crippen LogP) is 3.96. The Hall–Kier alpha value is -0.370. The minimum atomic E-state index is -0.679. The highest BCUT2D eigenvalue weighted by Gasteiger charge is 2.58. The summed E-state index contributed by atoms with van der Waals surface area (Å²) >= 11 is 0. The fraction of sp³-hybridized carbons (Fsp3) is 0.947. The highest BCUT2D eigenvalue weighted by Crippen LogP contribution is 2.65. The van der Waals surface area contributed by atoms with E-state index in [9.17, 15) is 9.90 Å². The predicted molar refractivity (Wildman–Crippen MR) is 82.7 cm³/mol. The Balaban J connectivity index is 1.65. The summed E-state index contributed by atoms with van der Waals surface area (Å²) in [6.07, 6.45) is 10.3. The minimum Gasteiger partial charge on any atom is -0.385 e. The van der Waals surface area contributed by atoms with Crippen LogP contribution in [0.4, 0.5) is 0 Å². The van der Waals surface area contributed by atoms with Crippen molar-refractivity contribution in [2.24, 2.45) is 34.5 Å². The van der Waals surface area contributed by atoms with E-state index in [1.54, 1.807) is 0 Å². The van der Waals surface area contributed by atoms with Crippen LogP contribution in [0.15, 0.2) is 0 Å². The van der Waals surface area contributed by atoms with Gasteiger partial charge in [-0.1, -0.05) is 20.3 Å². The molecule has 0 aromatic heterocycles. The number of carbonyl (C=O) groups excluding carboxylic acids is 1. The van der Waals surface area contributed by atoms with Gasteiger partial charge in [0.2, 0.25) is 0 Å². The SMILES string of the molecule is C[C@@]12CCC[C@H]1[C@@H]1CC[C@H]3CC(=O)C(O)C[C@]3(C)[C@H]1CC2. The zero-order chi connectivity index (χ0) is 14.8. The second-order valence-electron chi connectivity index (χ2n) is 9.13. The van der Waals surface area contributed by atoms with Crippen LogP contribution in [-0.4, -0.2) is 17.0 Å². The first-order chi connectivity index (χ1) is 9.94. The van der Waals surface area contributed by atoms with Crippen molar-refractivity contribution in [3.05, 3.63) is 0 Å². The van der Waals surface area contributed by atoms with E-state index in [0.29, 0.717) is 17.8 Å². The van der Waals surface area contributed by atoms with Gasteiger partial charge in [-0.15, -0.1) is 0 Å². The summed E-state index contributed by atoms with van der Waals surface area (Å²) in [5, 5.41) is 10.2. The number of aliphatic hydroxyl groups is 1. The molecule has 1 unspecified atom stereocenters. The number of hydrogen-bond acceptors (Lipinski definition) is 2. The first kappa shape index (κ1) is 14.2. The van der Waals surface area contributed by atoms with E-state index in [1.165, 1.54) is 44.9 Å². The van der Waals surface area contributed by atoms with Gasteiger partial charge in [0, 0.05) is 6.42 Å². The van der Waals surface area contributed by atoms with Crippen molar-refractivity contribution < 1.29 is 9.90 Å². The Morgan fingerprint density at radius 3 is 2.67 bits per heavy atom. The number of ketones is 1. The van der Waals surface area contributed by atoms with E-state index in [2.05, 4.69) is 13.8 Å². The average Bonchev–Trinajstić information content (AvgIpc) is 2.82. The van der Waals surface area contributed by atoms with Crippen molar-refractivity contribution in [2.75, 3.05) is 0 Å². The number of Topliss-reactive ketones (excluding diaryl/α,β-unsaturated/α-hetero) is 1. The van der Waals surface area contributed by atoms with E-state index in [0.717, 1.165) is 24.2 Å². The van der Waals surface area contributed by atoms with Crippen LogP contribution in [0.1, 0.15) is 71.6 Å². The Labute approximate surface area is 128 Å². The van der Waals surface area contributed by atoms with Crippen molar-refractivity contribution >= 4 is 5.78 Å². The molecule has 21 heavy (non-hydrogen) atoms. The molecule has 0 aliphatic heterocycles. The molecule has 7 atom stereocenters. The number of aliphatic hydroxyl groups excluding tert-OH is 1. The summed E-state index contributed by atoms with van der Waals surface area (Å²) < 4.78 is 0. The molecule has 2 nitrogen and oxygen atoms in total. The first-order valence-corrected chi connectivity index (χ1v) is 9.15. The average molecular weight is 290 g/mol. The van der Waals surface area contributed by atoms with Gasteiger partial charge in [0.1, 0.15) is 6.10 Å². The highest BCUT2D eigenvalue weighted by molar-refractivity contribution is 5.84. The van der Waals surface area contributed by atoms with E-state index in [-0.39, 0.29) is 11.2 Å². The van der Waals surface area contributed by atoms with E-state index < -0.39 is 6.10 Å². The minimum absolute atomic E-state index is 0.109. The zero-order valence-electron chi connectivity index (χ0n) is 13.6. The van der Waals surface area contributed by atoms with Crippen LogP contribution < -0.4 is 0 Å². The fourth-order valence-electron chi connectivity index (χ4n) is 7.09. The van der Waals surface area contributed by atoms with Crippen molar-refractivity contribution in [3.63, 3.8) is 0 Å². The maximum atomic E-state index is 11.9. The van der Waals surface area contributed by atoms with E-state index in [1.807, 2.05) is 0 Å². The molecule has 2 heteroatoms. The lowest BCUT2D eigenvalue weighted by Crippen LogP contribution is -2.55. The van der Waals surface area contributed by atoms with Gasteiger partial charge in [-0.2, -0.15) is 0 Å². The molecular formula is C19H30O2. The van der Waals surface area contributed by atoms with Crippen LogP contribution in [0.25, 0.3) is 0 Å². The van der Waals surface area contributed by atoms with Gasteiger partial charge in [0.15, 0.2) is 5.78 Å². The molecular weight excluding hydrogens is 260 g/mol. The molecule has 0 heterocycles. The topological polar surface area (TPSA) is 37.3 Å². The van der Waals surface area contributed by atoms with Crippen molar-refractivity contribution in [3.8, 4) is 0 Å². The lowest BCUT2D eigenvalue weighted by Gasteiger charge is -2.60. The van der Waals surface area contributed by atoms with Crippen molar-refractivity contribution in [1.29, 1.82) is 0 Å². The van der Waals surface area contributed by atoms with Crippen molar-refractivity contribution in [2.45, 2.75) is 77.7 Å². The molecule has 0 bridgehead atoms. The summed E-state index contributed by atoms with van der Waals surface area (Å²) in [4.78, 5) is 11.9. The third kappa shape index (κ3) is 1.90. The molecule has 0 radical (unpaired) electrons. The van der Waals surface area contributed by atoms with Crippen LogP contribution in [0.2, 0.25) is 0 Å². The maximum absolute atomic E-state index is 11.9. The molecule has 4 aliphatic carbocycles. The summed E-state index contributed by atoms with van der Waals surface area (Å²) in [6, 6.07) is 0. The quantitative estimate of drug-likeness (QED) is 0.733. The van der Waals surface area contributed by atoms with Gasteiger partial charge < -0.3 is 5.11 Å². The Kier molecular flexibility index (Phi) is 3.10. The van der Waals surface area contributed by atoms with Gasteiger partial charge in [0.05, 0.1) is 0 Å². The Bertz CT molecular complexity index is 458. The van der Waals surface area contributed by atoms with Gasteiger partial charge in [-0.25, -0.2) is 0 Å². The normalized spacial score (nSPS) is 56.5. The number of fused-ring (bicyclic) bond motifs is 5. The van der Waals surface area contributed by atoms with Gasteiger partial charge >= 0.3 is 0 Å². The largest absolute Gasteiger partial charge is 0.385 e. The Morgan fingerprint density at radius 2 is 1.86 bits per heavy atom. The van der Waals surface area contributed by atoms with Gasteiger partial charge in [0.25, 0.3) is 0 Å². The van der Waals surface area contributed by atoms with Crippen LogP contribution in [0.5, 0.6) is 0 Å². The lowest BCUT2D eigenvalue weighted by molar-refractivity contribution is -0.153. The molecule has 4 saturated carbocycles. The molecule has 0 saturated heterocycles. The van der Waals surface area contributed by atoms with Gasteiger partial charge in [-0.3, -0.25) is 4.79 Å². The van der Waals surface area contributed by atoms with Crippen molar-refractivity contribution in [1.82, 2.24) is 0 Å².